The Labute approximate surface area is 159 Å². The molecule has 0 bridgehead atoms. The molecule has 0 atom stereocenters. The van der Waals surface area contributed by atoms with Crippen molar-refractivity contribution in [3.63, 3.8) is 0 Å². The van der Waals surface area contributed by atoms with Crippen molar-refractivity contribution in [2.45, 2.75) is 40.2 Å². The standard InChI is InChI=1S/C21H24N4O2/c1-4-5-11-27-21-17(7-6-10-22-21)13-23-20(26)16-8-9-18-19(12-16)25-15(3)14(2)24-18/h6-10,12H,4-5,11,13H2,1-3H3,(H,23,26). The first kappa shape index (κ1) is 18.8. The Kier molecular flexibility index (Phi) is 5.96. The second-order valence-corrected chi connectivity index (χ2v) is 6.45. The first-order valence-electron chi connectivity index (χ1n) is 9.18. The molecule has 0 aliphatic rings. The molecule has 0 aliphatic heterocycles. The van der Waals surface area contributed by atoms with Crippen LogP contribution in [0.3, 0.4) is 0 Å². The second-order valence-electron chi connectivity index (χ2n) is 6.45. The van der Waals surface area contributed by atoms with E-state index in [1.807, 2.05) is 32.0 Å². The van der Waals surface area contributed by atoms with E-state index in [1.54, 1.807) is 18.3 Å². The SMILES string of the molecule is CCCCOc1ncccc1CNC(=O)c1ccc2nc(C)c(C)nc2c1. The van der Waals surface area contributed by atoms with Crippen LogP contribution in [0.2, 0.25) is 0 Å². The number of nitrogens with one attached hydrogen (secondary N) is 1. The van der Waals surface area contributed by atoms with Crippen LogP contribution in [0.1, 0.15) is 47.1 Å². The fraction of sp³-hybridized carbons (Fsp3) is 0.333. The van der Waals surface area contributed by atoms with Gasteiger partial charge >= 0.3 is 0 Å². The molecule has 140 valence electrons. The average molecular weight is 364 g/mol. The summed E-state index contributed by atoms with van der Waals surface area (Å²) < 4.78 is 5.72. The molecule has 2 aromatic heterocycles. The van der Waals surface area contributed by atoms with Crippen molar-refractivity contribution in [2.24, 2.45) is 0 Å². The van der Waals surface area contributed by atoms with E-state index in [0.29, 0.717) is 24.6 Å². The number of aryl methyl sites for hydroxylation is 2. The van der Waals surface area contributed by atoms with E-state index < -0.39 is 0 Å². The molecule has 3 rings (SSSR count). The van der Waals surface area contributed by atoms with Crippen LogP contribution in [-0.4, -0.2) is 27.5 Å². The zero-order chi connectivity index (χ0) is 19.2. The topological polar surface area (TPSA) is 77.0 Å². The fourth-order valence-electron chi connectivity index (χ4n) is 2.65. The quantitative estimate of drug-likeness (QED) is 0.646. The molecule has 0 fully saturated rings. The number of benzene rings is 1. The molecule has 0 aliphatic carbocycles. The van der Waals surface area contributed by atoms with Crippen LogP contribution in [0.25, 0.3) is 11.0 Å². The number of ether oxygens (including phenoxy) is 1. The van der Waals surface area contributed by atoms with E-state index in [9.17, 15) is 4.79 Å². The molecule has 6 heteroatoms. The molecule has 27 heavy (non-hydrogen) atoms. The van der Waals surface area contributed by atoms with Gasteiger partial charge in [0.25, 0.3) is 5.91 Å². The maximum Gasteiger partial charge on any atom is 0.251 e. The molecule has 1 N–H and O–H groups in total. The zero-order valence-electron chi connectivity index (χ0n) is 16.0. The maximum atomic E-state index is 12.6. The number of pyridine rings is 1. The summed E-state index contributed by atoms with van der Waals surface area (Å²) in [6.45, 7) is 6.93. The summed E-state index contributed by atoms with van der Waals surface area (Å²) in [5.41, 5.74) is 4.67. The van der Waals surface area contributed by atoms with Crippen molar-refractivity contribution in [3.05, 3.63) is 59.0 Å². The van der Waals surface area contributed by atoms with Gasteiger partial charge in [0, 0.05) is 23.9 Å². The monoisotopic (exact) mass is 364 g/mol. The van der Waals surface area contributed by atoms with Crippen LogP contribution in [0.15, 0.2) is 36.5 Å². The minimum atomic E-state index is -0.166. The highest BCUT2D eigenvalue weighted by Gasteiger charge is 2.11. The Hall–Kier alpha value is -3.02. The number of aromatic nitrogens is 3. The summed E-state index contributed by atoms with van der Waals surface area (Å²) in [5, 5.41) is 2.93. The van der Waals surface area contributed by atoms with Crippen LogP contribution in [0.4, 0.5) is 0 Å². The third-order valence-electron chi connectivity index (χ3n) is 4.36. The Bertz CT molecular complexity index is 956. The lowest BCUT2D eigenvalue weighted by Gasteiger charge is -2.11. The van der Waals surface area contributed by atoms with Gasteiger partial charge < -0.3 is 10.1 Å². The predicted octanol–water partition coefficient (Wildman–Crippen LogP) is 3.75. The minimum Gasteiger partial charge on any atom is -0.477 e. The smallest absolute Gasteiger partial charge is 0.251 e. The lowest BCUT2D eigenvalue weighted by molar-refractivity contribution is 0.0950. The molecule has 1 aromatic carbocycles. The number of hydrogen-bond donors (Lipinski definition) is 1. The molecule has 1 amide bonds. The van der Waals surface area contributed by atoms with Crippen molar-refractivity contribution in [2.75, 3.05) is 6.61 Å². The molecule has 0 saturated carbocycles. The second kappa shape index (κ2) is 8.58. The third-order valence-corrected chi connectivity index (χ3v) is 4.36. The molecule has 0 saturated heterocycles. The largest absolute Gasteiger partial charge is 0.477 e. The lowest BCUT2D eigenvalue weighted by Crippen LogP contribution is -2.23. The highest BCUT2D eigenvalue weighted by Crippen LogP contribution is 2.16. The van der Waals surface area contributed by atoms with Gasteiger partial charge in [0.15, 0.2) is 0 Å². The van der Waals surface area contributed by atoms with E-state index in [1.165, 1.54) is 0 Å². The van der Waals surface area contributed by atoms with Crippen LogP contribution in [-0.2, 0) is 6.54 Å². The Morgan fingerprint density at radius 1 is 1.11 bits per heavy atom. The van der Waals surface area contributed by atoms with Crippen molar-refractivity contribution >= 4 is 16.9 Å². The van der Waals surface area contributed by atoms with Gasteiger partial charge in [0.05, 0.1) is 29.0 Å². The van der Waals surface area contributed by atoms with Gasteiger partial charge in [-0.2, -0.15) is 0 Å². The molecule has 6 nitrogen and oxygen atoms in total. The third kappa shape index (κ3) is 4.58. The van der Waals surface area contributed by atoms with Crippen LogP contribution < -0.4 is 10.1 Å². The van der Waals surface area contributed by atoms with Gasteiger partial charge in [0.1, 0.15) is 0 Å². The number of carbonyl (C=O) groups is 1. The number of rotatable bonds is 7. The van der Waals surface area contributed by atoms with Crippen molar-refractivity contribution in [1.82, 2.24) is 20.3 Å². The van der Waals surface area contributed by atoms with Gasteiger partial charge in [-0.1, -0.05) is 19.4 Å². The molecule has 3 aromatic rings. The molecular formula is C21H24N4O2. The molecular weight excluding hydrogens is 340 g/mol. The number of nitrogens with zero attached hydrogens (tertiary/aromatic N) is 3. The van der Waals surface area contributed by atoms with Crippen molar-refractivity contribution in [3.8, 4) is 5.88 Å². The Morgan fingerprint density at radius 2 is 1.89 bits per heavy atom. The summed E-state index contributed by atoms with van der Waals surface area (Å²) in [6.07, 6.45) is 3.72. The Morgan fingerprint density at radius 3 is 2.67 bits per heavy atom. The van der Waals surface area contributed by atoms with E-state index in [4.69, 9.17) is 4.74 Å². The van der Waals surface area contributed by atoms with E-state index in [-0.39, 0.29) is 5.91 Å². The summed E-state index contributed by atoms with van der Waals surface area (Å²) in [4.78, 5) is 25.9. The van der Waals surface area contributed by atoms with Crippen molar-refractivity contribution < 1.29 is 9.53 Å². The van der Waals surface area contributed by atoms with Gasteiger partial charge in [-0.3, -0.25) is 4.79 Å². The summed E-state index contributed by atoms with van der Waals surface area (Å²) in [7, 11) is 0. The molecule has 0 spiro atoms. The minimum absolute atomic E-state index is 0.166. The number of fused-ring (bicyclic) bond motifs is 1. The highest BCUT2D eigenvalue weighted by atomic mass is 16.5. The van der Waals surface area contributed by atoms with E-state index >= 15 is 0 Å². The molecule has 2 heterocycles. The van der Waals surface area contributed by atoms with Gasteiger partial charge in [-0.25, -0.2) is 15.0 Å². The van der Waals surface area contributed by atoms with Gasteiger partial charge in [0.2, 0.25) is 5.88 Å². The fourth-order valence-corrected chi connectivity index (χ4v) is 2.65. The summed E-state index contributed by atoms with van der Waals surface area (Å²) >= 11 is 0. The summed E-state index contributed by atoms with van der Waals surface area (Å²) in [6, 6.07) is 9.11. The van der Waals surface area contributed by atoms with Gasteiger partial charge in [-0.05, 0) is 44.5 Å². The highest BCUT2D eigenvalue weighted by molar-refractivity contribution is 5.97. The van der Waals surface area contributed by atoms with Gasteiger partial charge in [-0.15, -0.1) is 0 Å². The Balaban J connectivity index is 1.71. The summed E-state index contributed by atoms with van der Waals surface area (Å²) in [5.74, 6) is 0.405. The predicted molar refractivity (Wildman–Crippen MR) is 105 cm³/mol. The average Bonchev–Trinajstić information content (AvgIpc) is 2.67. The first-order chi connectivity index (χ1) is 13.1. The number of amides is 1. The number of carbonyl (C=O) groups excluding carboxylic acids is 1. The van der Waals surface area contributed by atoms with E-state index in [0.717, 1.165) is 40.8 Å². The van der Waals surface area contributed by atoms with Crippen LogP contribution in [0, 0.1) is 13.8 Å². The van der Waals surface area contributed by atoms with Crippen molar-refractivity contribution in [1.29, 1.82) is 0 Å². The zero-order valence-corrected chi connectivity index (χ0v) is 16.0. The number of unbranched alkanes of at least 4 members (excludes halogenated alkanes) is 1. The van der Waals surface area contributed by atoms with E-state index in [2.05, 4.69) is 27.2 Å². The maximum absolute atomic E-state index is 12.6. The lowest BCUT2D eigenvalue weighted by atomic mass is 10.1. The number of hydrogen-bond acceptors (Lipinski definition) is 5. The molecule has 0 radical (unpaired) electrons. The first-order valence-corrected chi connectivity index (χ1v) is 9.18. The van der Waals surface area contributed by atoms with Crippen LogP contribution >= 0.6 is 0 Å². The van der Waals surface area contributed by atoms with Crippen LogP contribution in [0.5, 0.6) is 5.88 Å². The normalized spacial score (nSPS) is 10.8. The molecule has 0 unspecified atom stereocenters.